The molecule has 0 unspecified atom stereocenters. The van der Waals surface area contributed by atoms with Crippen molar-refractivity contribution >= 4 is 41.5 Å². The first-order chi connectivity index (χ1) is 18.4. The summed E-state index contributed by atoms with van der Waals surface area (Å²) in [6, 6.07) is 22.2. The predicted molar refractivity (Wildman–Crippen MR) is 157 cm³/mol. The highest BCUT2D eigenvalue weighted by atomic mass is 35.5. The summed E-state index contributed by atoms with van der Waals surface area (Å²) in [6.07, 6.45) is 3.61. The monoisotopic (exact) mass is 538 g/mol. The highest BCUT2D eigenvalue weighted by Crippen LogP contribution is 2.46. The minimum atomic E-state index is -1.16. The number of aromatic nitrogens is 4. The molecule has 1 aliphatic carbocycles. The standard InChI is InChI=1S/C30H31ClN6Si/c1-38(2)14-25(32-15-38)30-34-22-10-8-19-11-18(7-9-21(19)27(22)36-30)16-3-5-17(6-4-16)26-28(31)37-29(35-26)24-13-20-12-23(20)33-24/h3-11,20,23-25,32-33H,12-15H2,1-2H3,(H,34,36)(H,35,37)/t20-,23-,24+,25+/m1/s1. The topological polar surface area (TPSA) is 81.4 Å². The molecule has 38 heavy (non-hydrogen) atoms. The van der Waals surface area contributed by atoms with Crippen LogP contribution < -0.4 is 10.6 Å². The van der Waals surface area contributed by atoms with E-state index in [1.165, 1.54) is 34.4 Å². The maximum atomic E-state index is 6.55. The van der Waals surface area contributed by atoms with Crippen LogP contribution in [0.25, 0.3) is 44.2 Å². The highest BCUT2D eigenvalue weighted by molar-refractivity contribution is 6.78. The van der Waals surface area contributed by atoms with Crippen LogP contribution in [-0.2, 0) is 0 Å². The molecule has 0 spiro atoms. The van der Waals surface area contributed by atoms with E-state index >= 15 is 0 Å². The molecule has 1 saturated carbocycles. The lowest BCUT2D eigenvalue weighted by atomic mass is 9.99. The highest BCUT2D eigenvalue weighted by Gasteiger charge is 2.47. The van der Waals surface area contributed by atoms with Gasteiger partial charge < -0.3 is 20.6 Å². The van der Waals surface area contributed by atoms with Gasteiger partial charge >= 0.3 is 0 Å². The molecule has 3 aromatic carbocycles. The molecule has 0 amide bonds. The first kappa shape index (κ1) is 23.0. The van der Waals surface area contributed by atoms with Gasteiger partial charge in [-0.25, -0.2) is 9.97 Å². The number of fused-ring (bicyclic) bond motifs is 4. The maximum Gasteiger partial charge on any atom is 0.155 e. The molecule has 0 radical (unpaired) electrons. The number of rotatable bonds is 4. The number of aromatic amines is 2. The lowest BCUT2D eigenvalue weighted by molar-refractivity contribution is 0.543. The smallest absolute Gasteiger partial charge is 0.155 e. The van der Waals surface area contributed by atoms with Crippen molar-refractivity contribution in [2.24, 2.45) is 5.92 Å². The summed E-state index contributed by atoms with van der Waals surface area (Å²) in [7, 11) is -1.16. The van der Waals surface area contributed by atoms with Crippen LogP contribution in [0.15, 0.2) is 54.6 Å². The van der Waals surface area contributed by atoms with E-state index in [1.54, 1.807) is 0 Å². The van der Waals surface area contributed by atoms with Gasteiger partial charge in [0.2, 0.25) is 0 Å². The van der Waals surface area contributed by atoms with Crippen LogP contribution in [0, 0.1) is 5.92 Å². The van der Waals surface area contributed by atoms with Crippen LogP contribution in [0.1, 0.15) is 36.6 Å². The van der Waals surface area contributed by atoms with Gasteiger partial charge in [0.1, 0.15) is 11.6 Å². The normalized spacial score (nSPS) is 25.9. The van der Waals surface area contributed by atoms with Crippen LogP contribution in [0.2, 0.25) is 24.3 Å². The Morgan fingerprint density at radius 3 is 2.39 bits per heavy atom. The van der Waals surface area contributed by atoms with Crippen LogP contribution in [0.5, 0.6) is 0 Å². The number of H-pyrrole nitrogens is 2. The summed E-state index contributed by atoms with van der Waals surface area (Å²) < 4.78 is 0. The zero-order valence-electron chi connectivity index (χ0n) is 21.6. The van der Waals surface area contributed by atoms with Gasteiger partial charge in [-0.3, -0.25) is 0 Å². The molecule has 2 aliphatic heterocycles. The molecule has 4 N–H and O–H groups in total. The third kappa shape index (κ3) is 3.83. The molecule has 2 saturated heterocycles. The number of hydrogen-bond donors (Lipinski definition) is 4. The predicted octanol–water partition coefficient (Wildman–Crippen LogP) is 6.74. The summed E-state index contributed by atoms with van der Waals surface area (Å²) in [6.45, 7) is 4.89. The molecular formula is C30H31ClN6Si. The van der Waals surface area contributed by atoms with Crippen molar-refractivity contribution in [3.05, 3.63) is 71.4 Å². The fraction of sp³-hybridized carbons (Fsp3) is 0.333. The Balaban J connectivity index is 1.07. The molecule has 3 fully saturated rings. The lowest BCUT2D eigenvalue weighted by Crippen LogP contribution is -2.28. The Kier molecular flexibility index (Phi) is 4.99. The van der Waals surface area contributed by atoms with E-state index in [9.17, 15) is 0 Å². The van der Waals surface area contributed by atoms with Crippen molar-refractivity contribution in [2.75, 3.05) is 6.17 Å². The van der Waals surface area contributed by atoms with Crippen molar-refractivity contribution < 1.29 is 0 Å². The van der Waals surface area contributed by atoms with Gasteiger partial charge in [-0.2, -0.15) is 0 Å². The molecule has 192 valence electrons. The number of imidazole rings is 2. The Morgan fingerprint density at radius 1 is 0.842 bits per heavy atom. The van der Waals surface area contributed by atoms with Crippen molar-refractivity contribution in [3.63, 3.8) is 0 Å². The fourth-order valence-electron chi connectivity index (χ4n) is 6.55. The van der Waals surface area contributed by atoms with Gasteiger partial charge in [0.15, 0.2) is 5.15 Å². The number of nitrogens with one attached hydrogen (secondary N) is 4. The molecule has 2 aromatic heterocycles. The summed E-state index contributed by atoms with van der Waals surface area (Å²) >= 11 is 6.55. The molecule has 5 aromatic rings. The van der Waals surface area contributed by atoms with Gasteiger partial charge in [-0.15, -0.1) is 0 Å². The van der Waals surface area contributed by atoms with Gasteiger partial charge in [0.25, 0.3) is 0 Å². The molecule has 4 atom stereocenters. The largest absolute Gasteiger partial charge is 0.340 e. The van der Waals surface area contributed by atoms with Gasteiger partial charge in [-0.1, -0.05) is 67.2 Å². The number of benzene rings is 3. The maximum absolute atomic E-state index is 6.55. The van der Waals surface area contributed by atoms with E-state index in [0.29, 0.717) is 23.3 Å². The van der Waals surface area contributed by atoms with Crippen molar-refractivity contribution in [1.82, 2.24) is 30.6 Å². The van der Waals surface area contributed by atoms with E-state index in [4.69, 9.17) is 16.6 Å². The second-order valence-electron chi connectivity index (χ2n) is 12.2. The van der Waals surface area contributed by atoms with Crippen LogP contribution >= 0.6 is 11.6 Å². The van der Waals surface area contributed by atoms with E-state index in [2.05, 4.69) is 93.3 Å². The zero-order chi connectivity index (χ0) is 25.6. The summed E-state index contributed by atoms with van der Waals surface area (Å²) in [5, 5.41) is 10.3. The van der Waals surface area contributed by atoms with Crippen molar-refractivity contribution in [1.29, 1.82) is 0 Å². The number of halogens is 1. The molecule has 8 heteroatoms. The van der Waals surface area contributed by atoms with Gasteiger partial charge in [-0.05, 0) is 59.6 Å². The van der Waals surface area contributed by atoms with Gasteiger partial charge in [0.05, 0.1) is 36.9 Å². The minimum Gasteiger partial charge on any atom is -0.340 e. The molecule has 3 aliphatic rings. The van der Waals surface area contributed by atoms with E-state index < -0.39 is 8.07 Å². The van der Waals surface area contributed by atoms with Crippen molar-refractivity contribution in [3.8, 4) is 22.4 Å². The third-order valence-electron chi connectivity index (χ3n) is 8.80. The third-order valence-corrected chi connectivity index (χ3v) is 11.7. The Labute approximate surface area is 227 Å². The first-order valence-electron chi connectivity index (χ1n) is 13.7. The second kappa shape index (κ2) is 8.26. The van der Waals surface area contributed by atoms with Crippen LogP contribution in [0.3, 0.4) is 0 Å². The number of piperidine rings is 1. The summed E-state index contributed by atoms with van der Waals surface area (Å²) in [4.78, 5) is 16.7. The molecule has 4 heterocycles. The van der Waals surface area contributed by atoms with Crippen LogP contribution in [-0.4, -0.2) is 40.2 Å². The van der Waals surface area contributed by atoms with Crippen LogP contribution in [0.4, 0.5) is 0 Å². The Morgan fingerprint density at radius 2 is 1.63 bits per heavy atom. The molecule has 8 rings (SSSR count). The molecule has 0 bridgehead atoms. The quantitative estimate of drug-likeness (QED) is 0.191. The van der Waals surface area contributed by atoms with Crippen molar-refractivity contribution in [2.45, 2.75) is 50.1 Å². The molecule has 6 nitrogen and oxygen atoms in total. The fourth-order valence-corrected chi connectivity index (χ4v) is 9.18. The molecular weight excluding hydrogens is 508 g/mol. The van der Waals surface area contributed by atoms with E-state index in [1.807, 2.05) is 0 Å². The Bertz CT molecular complexity index is 1690. The zero-order valence-corrected chi connectivity index (χ0v) is 23.4. The first-order valence-corrected chi connectivity index (χ1v) is 17.5. The minimum absolute atomic E-state index is 0.294. The number of hydrogen-bond acceptors (Lipinski definition) is 4. The summed E-state index contributed by atoms with van der Waals surface area (Å²) in [5.41, 5.74) is 6.50. The number of nitrogens with zero attached hydrogens (tertiary/aromatic N) is 2. The average Bonchev–Trinajstić information content (AvgIpc) is 3.35. The average molecular weight is 539 g/mol. The lowest BCUT2D eigenvalue weighted by Gasteiger charge is -2.11. The summed E-state index contributed by atoms with van der Waals surface area (Å²) in [5.74, 6) is 2.85. The SMILES string of the molecule is C[Si]1(C)CN[C@H](c2nc3ccc4cc(-c5ccc(-c6[nH]c([C@@H]7C[C@H]8C[C@H]8N7)nc6Cl)cc5)ccc4c3[nH]2)C1. The van der Waals surface area contributed by atoms with E-state index in [-0.39, 0.29) is 0 Å². The van der Waals surface area contributed by atoms with E-state index in [0.717, 1.165) is 52.4 Å². The Hall–Kier alpha value is -2.97. The van der Waals surface area contributed by atoms with Gasteiger partial charge in [0, 0.05) is 17.0 Å². The second-order valence-corrected chi connectivity index (χ2v) is 17.7.